The first-order valence-electron chi connectivity index (χ1n) is 8.08. The Morgan fingerprint density at radius 1 is 1.50 bits per heavy atom. The van der Waals surface area contributed by atoms with Crippen molar-refractivity contribution in [3.05, 3.63) is 48.2 Å². The molecule has 3 rings (SSSR count). The molecule has 0 bridgehead atoms. The number of aliphatic hydroxyl groups is 1. The Morgan fingerprint density at radius 3 is 3.08 bits per heavy atom. The molecule has 2 aromatic rings. The average Bonchev–Trinajstić information content (AvgIpc) is 3.25. The van der Waals surface area contributed by atoms with Crippen LogP contribution in [0.5, 0.6) is 0 Å². The number of nitrogens with one attached hydrogen (secondary N) is 1. The summed E-state index contributed by atoms with van der Waals surface area (Å²) < 4.78 is 12.7. The van der Waals surface area contributed by atoms with E-state index in [0.29, 0.717) is 38.5 Å². The molecule has 2 N–H and O–H groups in total. The molecule has 0 aromatic carbocycles. The first kappa shape index (κ1) is 16.6. The Bertz CT molecular complexity index is 653. The number of carbonyl (C=O) groups is 1. The molecule has 1 aliphatic heterocycles. The second-order valence-corrected chi connectivity index (χ2v) is 6.03. The zero-order valence-electron chi connectivity index (χ0n) is 13.7. The summed E-state index contributed by atoms with van der Waals surface area (Å²) in [4.78, 5) is 14.2. The van der Waals surface area contributed by atoms with Crippen LogP contribution in [-0.4, -0.2) is 46.4 Å². The zero-order valence-corrected chi connectivity index (χ0v) is 13.7. The van der Waals surface area contributed by atoms with Gasteiger partial charge in [0, 0.05) is 39.0 Å². The van der Waals surface area contributed by atoms with Crippen LogP contribution in [0.4, 0.5) is 4.79 Å². The summed E-state index contributed by atoms with van der Waals surface area (Å²) in [6.07, 6.45) is 5.07. The number of ether oxygens (including phenoxy) is 1. The van der Waals surface area contributed by atoms with Gasteiger partial charge in [0.15, 0.2) is 0 Å². The lowest BCUT2D eigenvalue weighted by atomic mass is 10.1. The fraction of sp³-hybridized carbons (Fsp3) is 0.471. The second kappa shape index (κ2) is 7.55. The molecule has 2 aromatic heterocycles. The molecule has 0 saturated carbocycles. The van der Waals surface area contributed by atoms with E-state index in [-0.39, 0.29) is 12.1 Å². The molecular formula is C17H23N3O4. The molecular weight excluding hydrogens is 310 g/mol. The van der Waals surface area contributed by atoms with E-state index in [1.807, 2.05) is 30.1 Å². The molecule has 2 atom stereocenters. The first-order valence-corrected chi connectivity index (χ1v) is 8.08. The Balaban J connectivity index is 1.57. The van der Waals surface area contributed by atoms with Crippen LogP contribution in [0.2, 0.25) is 0 Å². The predicted octanol–water partition coefficient (Wildman–Crippen LogP) is 1.65. The monoisotopic (exact) mass is 333 g/mol. The van der Waals surface area contributed by atoms with Crippen molar-refractivity contribution in [2.45, 2.75) is 25.1 Å². The van der Waals surface area contributed by atoms with Crippen molar-refractivity contribution < 1.29 is 19.1 Å². The summed E-state index contributed by atoms with van der Waals surface area (Å²) in [5.74, 6) is 0.505. The van der Waals surface area contributed by atoms with Crippen molar-refractivity contribution in [3.8, 4) is 0 Å². The number of hydrogen-bond acceptors (Lipinski definition) is 4. The normalized spacial score (nSPS) is 19.2. The molecule has 130 valence electrons. The Labute approximate surface area is 140 Å². The summed E-state index contributed by atoms with van der Waals surface area (Å²) in [7, 11) is 1.94. The van der Waals surface area contributed by atoms with E-state index in [9.17, 15) is 9.90 Å². The minimum Gasteiger partial charge on any atom is -0.467 e. The van der Waals surface area contributed by atoms with Crippen LogP contribution in [0.3, 0.4) is 0 Å². The molecule has 1 fully saturated rings. The zero-order chi connectivity index (χ0) is 16.9. The number of furan rings is 1. The number of nitrogens with zero attached hydrogens (tertiary/aromatic N) is 2. The number of urea groups is 1. The highest BCUT2D eigenvalue weighted by Crippen LogP contribution is 2.23. The van der Waals surface area contributed by atoms with E-state index in [1.54, 1.807) is 17.0 Å². The molecule has 0 aliphatic carbocycles. The van der Waals surface area contributed by atoms with Crippen LogP contribution in [-0.2, 0) is 18.3 Å². The quantitative estimate of drug-likeness (QED) is 0.872. The van der Waals surface area contributed by atoms with Crippen molar-refractivity contribution in [2.24, 2.45) is 7.05 Å². The van der Waals surface area contributed by atoms with Gasteiger partial charge in [0.1, 0.15) is 11.9 Å². The van der Waals surface area contributed by atoms with Gasteiger partial charge < -0.3 is 29.0 Å². The fourth-order valence-corrected chi connectivity index (χ4v) is 2.92. The molecule has 24 heavy (non-hydrogen) atoms. The molecule has 2 amide bonds. The molecule has 0 radical (unpaired) electrons. The Hall–Kier alpha value is -2.25. The van der Waals surface area contributed by atoms with Crippen molar-refractivity contribution in [2.75, 3.05) is 19.8 Å². The summed E-state index contributed by atoms with van der Waals surface area (Å²) in [6.45, 7) is 1.91. The van der Waals surface area contributed by atoms with Crippen LogP contribution in [0.15, 0.2) is 41.3 Å². The van der Waals surface area contributed by atoms with Gasteiger partial charge in [-0.3, -0.25) is 0 Å². The third-order valence-corrected chi connectivity index (χ3v) is 4.19. The number of aliphatic hydroxyl groups excluding tert-OH is 1. The molecule has 1 aliphatic rings. The van der Waals surface area contributed by atoms with Crippen LogP contribution in [0.25, 0.3) is 0 Å². The van der Waals surface area contributed by atoms with E-state index < -0.39 is 6.10 Å². The number of amides is 2. The van der Waals surface area contributed by atoms with Gasteiger partial charge in [-0.25, -0.2) is 4.79 Å². The van der Waals surface area contributed by atoms with E-state index in [0.717, 1.165) is 5.56 Å². The second-order valence-electron chi connectivity index (χ2n) is 6.03. The summed E-state index contributed by atoms with van der Waals surface area (Å²) in [6, 6.07) is 5.11. The van der Waals surface area contributed by atoms with Gasteiger partial charge in [0.05, 0.1) is 25.5 Å². The van der Waals surface area contributed by atoms with E-state index >= 15 is 0 Å². The number of rotatable bonds is 5. The molecule has 7 heteroatoms. The van der Waals surface area contributed by atoms with Gasteiger partial charge in [0.25, 0.3) is 0 Å². The molecule has 1 saturated heterocycles. The van der Waals surface area contributed by atoms with Gasteiger partial charge in [-0.05, 0) is 23.8 Å². The van der Waals surface area contributed by atoms with E-state index in [1.165, 1.54) is 6.26 Å². The highest BCUT2D eigenvalue weighted by molar-refractivity contribution is 5.74. The fourth-order valence-electron chi connectivity index (χ4n) is 2.92. The van der Waals surface area contributed by atoms with Gasteiger partial charge >= 0.3 is 6.03 Å². The van der Waals surface area contributed by atoms with Gasteiger partial charge in [0.2, 0.25) is 0 Å². The Kier molecular flexibility index (Phi) is 5.22. The van der Waals surface area contributed by atoms with Crippen LogP contribution < -0.4 is 5.32 Å². The number of morpholine rings is 1. The highest BCUT2D eigenvalue weighted by Gasteiger charge is 2.30. The van der Waals surface area contributed by atoms with Crippen molar-refractivity contribution >= 4 is 6.03 Å². The number of carbonyl (C=O) groups excluding carboxylic acids is 1. The lowest BCUT2D eigenvalue weighted by Gasteiger charge is -2.36. The minimum atomic E-state index is -0.754. The minimum absolute atomic E-state index is 0.140. The SMILES string of the molecule is Cn1ccc(CNC(=O)N2CCOCC2CC(O)c2ccco2)c1. The molecule has 0 spiro atoms. The summed E-state index contributed by atoms with van der Waals surface area (Å²) in [5, 5.41) is 13.2. The summed E-state index contributed by atoms with van der Waals surface area (Å²) >= 11 is 0. The maximum atomic E-state index is 12.5. The third-order valence-electron chi connectivity index (χ3n) is 4.19. The molecule has 7 nitrogen and oxygen atoms in total. The Morgan fingerprint density at radius 2 is 2.38 bits per heavy atom. The van der Waals surface area contributed by atoms with E-state index in [2.05, 4.69) is 5.32 Å². The van der Waals surface area contributed by atoms with Crippen molar-refractivity contribution in [1.82, 2.24) is 14.8 Å². The van der Waals surface area contributed by atoms with Crippen molar-refractivity contribution in [1.29, 1.82) is 0 Å². The smallest absolute Gasteiger partial charge is 0.318 e. The van der Waals surface area contributed by atoms with Crippen molar-refractivity contribution in [3.63, 3.8) is 0 Å². The largest absolute Gasteiger partial charge is 0.467 e. The summed E-state index contributed by atoms with van der Waals surface area (Å²) in [5.41, 5.74) is 1.05. The van der Waals surface area contributed by atoms with Gasteiger partial charge in [-0.1, -0.05) is 0 Å². The standard InChI is InChI=1S/C17H23N3O4/c1-19-5-4-13(11-19)10-18-17(22)20-6-8-23-12-14(20)9-15(21)16-3-2-7-24-16/h2-5,7,11,14-15,21H,6,8-10,12H2,1H3,(H,18,22). The first-order chi connectivity index (χ1) is 11.6. The average molecular weight is 333 g/mol. The maximum absolute atomic E-state index is 12.5. The topological polar surface area (TPSA) is 79.9 Å². The maximum Gasteiger partial charge on any atom is 0.318 e. The number of hydrogen-bond donors (Lipinski definition) is 2. The highest BCUT2D eigenvalue weighted by atomic mass is 16.5. The predicted molar refractivity (Wildman–Crippen MR) is 87.2 cm³/mol. The van der Waals surface area contributed by atoms with Crippen LogP contribution >= 0.6 is 0 Å². The van der Waals surface area contributed by atoms with E-state index in [4.69, 9.17) is 9.15 Å². The third kappa shape index (κ3) is 3.98. The van der Waals surface area contributed by atoms with Crippen LogP contribution in [0.1, 0.15) is 23.8 Å². The lowest BCUT2D eigenvalue weighted by molar-refractivity contribution is -0.00974. The molecule has 3 heterocycles. The van der Waals surface area contributed by atoms with Crippen LogP contribution in [0, 0.1) is 0 Å². The molecule has 2 unspecified atom stereocenters. The van der Waals surface area contributed by atoms with Gasteiger partial charge in [-0.15, -0.1) is 0 Å². The lowest BCUT2D eigenvalue weighted by Crippen LogP contribution is -2.52. The van der Waals surface area contributed by atoms with Gasteiger partial charge in [-0.2, -0.15) is 0 Å². The number of aromatic nitrogens is 1. The number of aryl methyl sites for hydroxylation is 1.